The first-order chi connectivity index (χ1) is 17.7. The normalized spacial score (nSPS) is 28.0. The number of piperidine rings is 1. The minimum atomic E-state index is -0.937. The number of carbonyl (C=O) groups excluding carboxylic acids is 2. The standard InChI is InChI=1S/C30H36N2O5/c1-21(33)37-27-7-3-5-24(17-27)29-14-15-32(19-23-8-9-23)20-30(29,36)13-12-25(18-29)31-28(35)11-10-22-4-2-6-26(34)16-22/h2-7,10-11,16-17,23,25,34,36H,8-9,12-15,18-20H2,1H3,(H,31,35)/t25-,29+,30+/m1/s1. The number of carbonyl (C=O) groups is 2. The molecule has 3 fully saturated rings. The van der Waals surface area contributed by atoms with Gasteiger partial charge in [-0.2, -0.15) is 0 Å². The zero-order valence-electron chi connectivity index (χ0n) is 21.4. The molecule has 1 saturated heterocycles. The predicted octanol–water partition coefficient (Wildman–Crippen LogP) is 3.78. The quantitative estimate of drug-likeness (QED) is 0.302. The van der Waals surface area contributed by atoms with Gasteiger partial charge in [-0.25, -0.2) is 0 Å². The number of rotatable bonds is 7. The highest BCUT2D eigenvalue weighted by Gasteiger charge is 2.57. The van der Waals surface area contributed by atoms with Crippen LogP contribution in [0.5, 0.6) is 11.5 Å². The van der Waals surface area contributed by atoms with Gasteiger partial charge in [0.15, 0.2) is 0 Å². The molecule has 7 nitrogen and oxygen atoms in total. The number of β-amino-alcohol motifs (C(OH)–C–C–N with tert-alkyl or cyclic N) is 1. The molecule has 2 saturated carbocycles. The largest absolute Gasteiger partial charge is 0.508 e. The summed E-state index contributed by atoms with van der Waals surface area (Å²) in [4.78, 5) is 26.8. The fourth-order valence-corrected chi connectivity index (χ4v) is 6.28. The lowest BCUT2D eigenvalue weighted by atomic mass is 9.55. The molecule has 37 heavy (non-hydrogen) atoms. The Hall–Kier alpha value is -3.16. The zero-order chi connectivity index (χ0) is 26.0. The van der Waals surface area contributed by atoms with E-state index >= 15 is 0 Å². The average Bonchev–Trinajstić information content (AvgIpc) is 3.67. The first kappa shape index (κ1) is 25.5. The van der Waals surface area contributed by atoms with E-state index in [0.717, 1.165) is 36.6 Å². The molecule has 0 bridgehead atoms. The molecule has 5 rings (SSSR count). The first-order valence-corrected chi connectivity index (χ1v) is 13.3. The number of fused-ring (bicyclic) bond motifs is 1. The molecule has 3 N–H and O–H groups in total. The van der Waals surface area contributed by atoms with E-state index in [1.54, 1.807) is 30.3 Å². The van der Waals surface area contributed by atoms with Crippen LogP contribution in [0.15, 0.2) is 54.6 Å². The summed E-state index contributed by atoms with van der Waals surface area (Å²) in [6.07, 6.45) is 8.35. The predicted molar refractivity (Wildman–Crippen MR) is 141 cm³/mol. The highest BCUT2D eigenvalue weighted by molar-refractivity contribution is 5.92. The van der Waals surface area contributed by atoms with Gasteiger partial charge < -0.3 is 25.2 Å². The average molecular weight is 505 g/mol. The summed E-state index contributed by atoms with van der Waals surface area (Å²) >= 11 is 0. The highest BCUT2D eigenvalue weighted by Crippen LogP contribution is 2.52. The molecule has 1 amide bonds. The van der Waals surface area contributed by atoms with Gasteiger partial charge in [0.1, 0.15) is 11.5 Å². The number of hydrogen-bond donors (Lipinski definition) is 3. The molecule has 3 atom stereocenters. The molecule has 7 heteroatoms. The maximum absolute atomic E-state index is 12.8. The summed E-state index contributed by atoms with van der Waals surface area (Å²) in [5.41, 5.74) is 0.200. The molecule has 3 aliphatic rings. The van der Waals surface area contributed by atoms with Crippen LogP contribution in [0.1, 0.15) is 56.6 Å². The number of likely N-dealkylation sites (tertiary alicyclic amines) is 1. The van der Waals surface area contributed by atoms with E-state index in [4.69, 9.17) is 4.74 Å². The third kappa shape index (κ3) is 5.73. The van der Waals surface area contributed by atoms with E-state index in [1.165, 1.54) is 25.8 Å². The van der Waals surface area contributed by atoms with Crippen molar-refractivity contribution in [2.24, 2.45) is 5.92 Å². The summed E-state index contributed by atoms with van der Waals surface area (Å²) in [5, 5.41) is 25.0. The van der Waals surface area contributed by atoms with Gasteiger partial charge in [0.2, 0.25) is 5.91 Å². The van der Waals surface area contributed by atoms with E-state index < -0.39 is 11.0 Å². The number of nitrogens with zero attached hydrogens (tertiary/aromatic N) is 1. The van der Waals surface area contributed by atoms with E-state index in [0.29, 0.717) is 31.6 Å². The number of nitrogens with one attached hydrogen (secondary N) is 1. The summed E-state index contributed by atoms with van der Waals surface area (Å²) in [6.45, 7) is 3.91. The number of hydrogen-bond acceptors (Lipinski definition) is 6. The van der Waals surface area contributed by atoms with Crippen LogP contribution >= 0.6 is 0 Å². The topological polar surface area (TPSA) is 99.1 Å². The minimum absolute atomic E-state index is 0.103. The Bertz CT molecular complexity index is 1190. The third-order valence-electron chi connectivity index (χ3n) is 8.24. The highest BCUT2D eigenvalue weighted by atomic mass is 16.5. The van der Waals surface area contributed by atoms with Gasteiger partial charge in [-0.1, -0.05) is 24.3 Å². The fourth-order valence-electron chi connectivity index (χ4n) is 6.28. The summed E-state index contributed by atoms with van der Waals surface area (Å²) < 4.78 is 5.38. The Kier molecular flexibility index (Phi) is 7.10. The Morgan fingerprint density at radius 1 is 1.14 bits per heavy atom. The van der Waals surface area contributed by atoms with Crippen LogP contribution in [0.3, 0.4) is 0 Å². The number of esters is 1. The van der Waals surface area contributed by atoms with Crippen LogP contribution in [-0.2, 0) is 15.0 Å². The van der Waals surface area contributed by atoms with Crippen molar-refractivity contribution in [3.8, 4) is 11.5 Å². The van der Waals surface area contributed by atoms with Crippen LogP contribution in [0.4, 0.5) is 0 Å². The molecule has 2 aromatic carbocycles. The number of amides is 1. The minimum Gasteiger partial charge on any atom is -0.508 e. The van der Waals surface area contributed by atoms with Crippen molar-refractivity contribution < 1.29 is 24.5 Å². The van der Waals surface area contributed by atoms with E-state index in [2.05, 4.69) is 10.2 Å². The van der Waals surface area contributed by atoms with Crippen molar-refractivity contribution in [2.45, 2.75) is 62.5 Å². The molecular weight excluding hydrogens is 468 g/mol. The van der Waals surface area contributed by atoms with Crippen molar-refractivity contribution in [2.75, 3.05) is 19.6 Å². The number of aliphatic hydroxyl groups is 1. The van der Waals surface area contributed by atoms with Crippen molar-refractivity contribution >= 4 is 18.0 Å². The van der Waals surface area contributed by atoms with Gasteiger partial charge in [0.25, 0.3) is 0 Å². The Morgan fingerprint density at radius 2 is 1.95 bits per heavy atom. The molecule has 0 unspecified atom stereocenters. The smallest absolute Gasteiger partial charge is 0.308 e. The summed E-state index contributed by atoms with van der Waals surface area (Å²) in [7, 11) is 0. The number of benzene rings is 2. The first-order valence-electron chi connectivity index (χ1n) is 13.3. The molecule has 0 radical (unpaired) electrons. The van der Waals surface area contributed by atoms with Gasteiger partial charge in [-0.15, -0.1) is 0 Å². The van der Waals surface area contributed by atoms with Crippen molar-refractivity contribution in [1.82, 2.24) is 10.2 Å². The van der Waals surface area contributed by atoms with E-state index in [1.807, 2.05) is 24.3 Å². The molecule has 2 aromatic rings. The van der Waals surface area contributed by atoms with Crippen LogP contribution in [-0.4, -0.2) is 58.3 Å². The van der Waals surface area contributed by atoms with Crippen LogP contribution in [0.2, 0.25) is 0 Å². The fraction of sp³-hybridized carbons (Fsp3) is 0.467. The molecule has 2 aliphatic carbocycles. The monoisotopic (exact) mass is 504 g/mol. The molecule has 196 valence electrons. The number of aromatic hydroxyl groups is 1. The number of phenols is 1. The third-order valence-corrected chi connectivity index (χ3v) is 8.24. The lowest BCUT2D eigenvalue weighted by Gasteiger charge is -2.58. The molecule has 0 aromatic heterocycles. The number of ether oxygens (including phenoxy) is 1. The Balaban J connectivity index is 1.37. The number of phenolic OH excluding ortho intramolecular Hbond substituents is 1. The Labute approximate surface area is 218 Å². The van der Waals surface area contributed by atoms with Gasteiger partial charge >= 0.3 is 5.97 Å². The van der Waals surface area contributed by atoms with Gasteiger partial charge in [0.05, 0.1) is 5.60 Å². The van der Waals surface area contributed by atoms with Gasteiger partial charge in [-0.3, -0.25) is 9.59 Å². The molecule has 1 heterocycles. The van der Waals surface area contributed by atoms with Crippen LogP contribution in [0, 0.1) is 5.92 Å². The van der Waals surface area contributed by atoms with E-state index in [9.17, 15) is 19.8 Å². The Morgan fingerprint density at radius 3 is 2.70 bits per heavy atom. The second-order valence-electron chi connectivity index (χ2n) is 11.0. The van der Waals surface area contributed by atoms with Crippen LogP contribution in [0.25, 0.3) is 6.08 Å². The molecule has 0 spiro atoms. The maximum Gasteiger partial charge on any atom is 0.308 e. The zero-order valence-corrected chi connectivity index (χ0v) is 21.4. The summed E-state index contributed by atoms with van der Waals surface area (Å²) in [5.74, 6) is 0.796. The van der Waals surface area contributed by atoms with Gasteiger partial charge in [-0.05, 0) is 92.5 Å². The second-order valence-corrected chi connectivity index (χ2v) is 11.0. The van der Waals surface area contributed by atoms with Crippen LogP contribution < -0.4 is 10.1 Å². The van der Waals surface area contributed by atoms with Gasteiger partial charge in [0, 0.05) is 37.5 Å². The summed E-state index contributed by atoms with van der Waals surface area (Å²) in [6, 6.07) is 14.2. The lowest BCUT2D eigenvalue weighted by Crippen LogP contribution is -2.67. The lowest BCUT2D eigenvalue weighted by molar-refractivity contribution is -0.133. The van der Waals surface area contributed by atoms with Crippen molar-refractivity contribution in [3.63, 3.8) is 0 Å². The molecular formula is C30H36N2O5. The van der Waals surface area contributed by atoms with E-state index in [-0.39, 0.29) is 23.7 Å². The second kappa shape index (κ2) is 10.3. The SMILES string of the molecule is CC(=O)Oc1cccc([C@@]23CCN(CC4CC4)C[C@@]2(O)CC[C@@H](NC(=O)C=Cc2cccc(O)c2)C3)c1. The van der Waals surface area contributed by atoms with Crippen molar-refractivity contribution in [3.05, 3.63) is 65.7 Å². The molecule has 1 aliphatic heterocycles. The van der Waals surface area contributed by atoms with Crippen molar-refractivity contribution in [1.29, 1.82) is 0 Å². The maximum atomic E-state index is 12.8.